The van der Waals surface area contributed by atoms with E-state index in [2.05, 4.69) is 5.32 Å². The number of hydrogen-bond acceptors (Lipinski definition) is 4. The van der Waals surface area contributed by atoms with Gasteiger partial charge in [-0.25, -0.2) is 12.7 Å². The van der Waals surface area contributed by atoms with Crippen LogP contribution in [0.5, 0.6) is 5.75 Å². The van der Waals surface area contributed by atoms with Crippen LogP contribution < -0.4 is 10.1 Å². The molecule has 2 aromatic carbocycles. The van der Waals surface area contributed by atoms with E-state index in [-0.39, 0.29) is 23.8 Å². The molecule has 2 rings (SSSR count). The fourth-order valence-electron chi connectivity index (χ4n) is 2.60. The van der Waals surface area contributed by atoms with E-state index in [4.69, 9.17) is 4.74 Å². The number of nitrogens with zero attached hydrogens (tertiary/aromatic N) is 1. The number of aryl methyl sites for hydroxylation is 1. The van der Waals surface area contributed by atoms with E-state index in [0.29, 0.717) is 18.7 Å². The van der Waals surface area contributed by atoms with Gasteiger partial charge in [-0.2, -0.15) is 0 Å². The van der Waals surface area contributed by atoms with E-state index < -0.39 is 10.0 Å². The second-order valence-electron chi connectivity index (χ2n) is 6.31. The monoisotopic (exact) mass is 390 g/mol. The number of carbonyl (C=O) groups is 1. The van der Waals surface area contributed by atoms with Gasteiger partial charge in [0.05, 0.1) is 12.0 Å². The number of ether oxygens (including phenoxy) is 1. The molecular formula is C20H26N2O4S. The lowest BCUT2D eigenvalue weighted by Gasteiger charge is -2.17. The third kappa shape index (κ3) is 5.80. The van der Waals surface area contributed by atoms with Crippen molar-refractivity contribution in [2.24, 2.45) is 0 Å². The van der Waals surface area contributed by atoms with Crippen molar-refractivity contribution in [2.75, 3.05) is 20.7 Å². The minimum Gasteiger partial charge on any atom is -0.497 e. The first-order chi connectivity index (χ1) is 12.8. The van der Waals surface area contributed by atoms with Crippen molar-refractivity contribution in [1.82, 2.24) is 9.62 Å². The zero-order valence-electron chi connectivity index (χ0n) is 15.9. The lowest BCUT2D eigenvalue weighted by atomic mass is 10.1. The molecule has 0 fully saturated rings. The van der Waals surface area contributed by atoms with Gasteiger partial charge in [0.1, 0.15) is 5.75 Å². The van der Waals surface area contributed by atoms with Crippen LogP contribution in [0.4, 0.5) is 0 Å². The average Bonchev–Trinajstić information content (AvgIpc) is 2.67. The van der Waals surface area contributed by atoms with Crippen LogP contribution in [0.15, 0.2) is 53.4 Å². The first-order valence-corrected chi connectivity index (χ1v) is 10.2. The Morgan fingerprint density at radius 3 is 2.41 bits per heavy atom. The number of rotatable bonds is 9. The zero-order valence-corrected chi connectivity index (χ0v) is 16.8. The molecule has 0 aliphatic rings. The molecule has 0 heterocycles. The summed E-state index contributed by atoms with van der Waals surface area (Å²) < 4.78 is 31.4. The van der Waals surface area contributed by atoms with Crippen molar-refractivity contribution in [3.8, 4) is 5.75 Å². The summed E-state index contributed by atoms with van der Waals surface area (Å²) in [5.41, 5.74) is 2.20. The molecule has 2 aromatic rings. The molecule has 0 atom stereocenters. The van der Waals surface area contributed by atoms with Crippen molar-refractivity contribution in [2.45, 2.75) is 31.2 Å². The van der Waals surface area contributed by atoms with Crippen molar-refractivity contribution in [1.29, 1.82) is 0 Å². The maximum atomic E-state index is 12.5. The predicted octanol–water partition coefficient (Wildman–Crippen LogP) is 2.72. The average molecular weight is 391 g/mol. The number of amides is 1. The van der Waals surface area contributed by atoms with Crippen LogP contribution in [-0.4, -0.2) is 39.3 Å². The number of nitrogens with one attached hydrogen (secondary N) is 1. The van der Waals surface area contributed by atoms with Crippen LogP contribution in [-0.2, 0) is 21.4 Å². The van der Waals surface area contributed by atoms with Gasteiger partial charge in [-0.3, -0.25) is 4.79 Å². The van der Waals surface area contributed by atoms with Crippen molar-refractivity contribution >= 4 is 15.9 Å². The number of methoxy groups -OCH3 is 1. The van der Waals surface area contributed by atoms with E-state index in [9.17, 15) is 13.2 Å². The Labute approximate surface area is 161 Å². The van der Waals surface area contributed by atoms with Crippen LogP contribution >= 0.6 is 0 Å². The highest BCUT2D eigenvalue weighted by Gasteiger charge is 2.20. The van der Waals surface area contributed by atoms with E-state index in [1.54, 1.807) is 12.1 Å². The normalized spacial score (nSPS) is 11.4. The Kier molecular flexibility index (Phi) is 7.38. The third-order valence-corrected chi connectivity index (χ3v) is 6.25. The summed E-state index contributed by atoms with van der Waals surface area (Å²) in [6, 6.07) is 14.1. The predicted molar refractivity (Wildman–Crippen MR) is 105 cm³/mol. The highest BCUT2D eigenvalue weighted by Crippen LogP contribution is 2.18. The molecule has 0 saturated carbocycles. The van der Waals surface area contributed by atoms with E-state index in [1.165, 1.54) is 30.6 Å². The van der Waals surface area contributed by atoms with E-state index >= 15 is 0 Å². The summed E-state index contributed by atoms with van der Waals surface area (Å²) in [6.45, 7) is 2.75. The molecule has 0 radical (unpaired) electrons. The lowest BCUT2D eigenvalue weighted by Crippen LogP contribution is -2.29. The van der Waals surface area contributed by atoms with Gasteiger partial charge in [0, 0.05) is 26.6 Å². The largest absolute Gasteiger partial charge is 0.497 e. The van der Waals surface area contributed by atoms with Gasteiger partial charge in [-0.05, 0) is 48.7 Å². The zero-order chi connectivity index (χ0) is 19.9. The molecule has 0 saturated heterocycles. The lowest BCUT2D eigenvalue weighted by molar-refractivity contribution is -0.121. The van der Waals surface area contributed by atoms with E-state index in [0.717, 1.165) is 11.1 Å². The van der Waals surface area contributed by atoms with Gasteiger partial charge in [0.2, 0.25) is 15.9 Å². The Morgan fingerprint density at radius 1 is 1.11 bits per heavy atom. The van der Waals surface area contributed by atoms with Crippen LogP contribution in [0.1, 0.15) is 24.0 Å². The summed E-state index contributed by atoms with van der Waals surface area (Å²) in [5.74, 6) is 0.510. The second kappa shape index (κ2) is 9.53. The third-order valence-electron chi connectivity index (χ3n) is 4.38. The second-order valence-corrected chi connectivity index (χ2v) is 8.35. The van der Waals surface area contributed by atoms with Gasteiger partial charge in [0.15, 0.2) is 0 Å². The summed E-state index contributed by atoms with van der Waals surface area (Å²) in [4.78, 5) is 12.2. The minimum atomic E-state index is -3.58. The van der Waals surface area contributed by atoms with Gasteiger partial charge >= 0.3 is 0 Å². The summed E-state index contributed by atoms with van der Waals surface area (Å²) >= 11 is 0. The molecule has 0 bridgehead atoms. The maximum Gasteiger partial charge on any atom is 0.242 e. The number of sulfonamides is 1. The molecule has 0 aliphatic carbocycles. The molecule has 0 spiro atoms. The van der Waals surface area contributed by atoms with E-state index in [1.807, 2.05) is 31.2 Å². The summed E-state index contributed by atoms with van der Waals surface area (Å²) in [6.07, 6.45) is 0.722. The molecule has 0 unspecified atom stereocenters. The molecule has 0 aliphatic heterocycles. The van der Waals surface area contributed by atoms with Crippen molar-refractivity contribution < 1.29 is 17.9 Å². The summed E-state index contributed by atoms with van der Waals surface area (Å²) in [7, 11) is -0.531. The van der Waals surface area contributed by atoms with Gasteiger partial charge in [-0.1, -0.05) is 24.3 Å². The minimum absolute atomic E-state index is 0.0894. The first-order valence-electron chi connectivity index (χ1n) is 8.76. The molecule has 146 valence electrons. The first kappa shape index (κ1) is 20.9. The van der Waals surface area contributed by atoms with Crippen LogP contribution in [0.3, 0.4) is 0 Å². The molecule has 7 heteroatoms. The molecule has 27 heavy (non-hydrogen) atoms. The van der Waals surface area contributed by atoms with Gasteiger partial charge < -0.3 is 10.1 Å². The Morgan fingerprint density at radius 2 is 1.78 bits per heavy atom. The molecular weight excluding hydrogens is 364 g/mol. The Bertz CT molecular complexity index is 864. The summed E-state index contributed by atoms with van der Waals surface area (Å²) in [5, 5.41) is 2.88. The van der Waals surface area contributed by atoms with Crippen molar-refractivity contribution in [3.63, 3.8) is 0 Å². The number of carbonyl (C=O) groups excluding carboxylic acids is 1. The highest BCUT2D eigenvalue weighted by molar-refractivity contribution is 7.89. The van der Waals surface area contributed by atoms with Gasteiger partial charge in [-0.15, -0.1) is 0 Å². The fraction of sp³-hybridized carbons (Fsp3) is 0.350. The molecule has 6 nitrogen and oxygen atoms in total. The van der Waals surface area contributed by atoms with Crippen LogP contribution in [0.2, 0.25) is 0 Å². The fourth-order valence-corrected chi connectivity index (χ4v) is 3.81. The molecule has 0 aromatic heterocycles. The SMILES string of the molecule is COc1ccc(S(=O)(=O)N(C)CCCC(=O)NCc2ccccc2C)cc1. The Hall–Kier alpha value is -2.38. The van der Waals surface area contributed by atoms with Crippen LogP contribution in [0, 0.1) is 6.92 Å². The number of hydrogen-bond donors (Lipinski definition) is 1. The highest BCUT2D eigenvalue weighted by atomic mass is 32.2. The number of benzene rings is 2. The van der Waals surface area contributed by atoms with Gasteiger partial charge in [0.25, 0.3) is 0 Å². The topological polar surface area (TPSA) is 75.7 Å². The quantitative estimate of drug-likeness (QED) is 0.714. The van der Waals surface area contributed by atoms with Crippen molar-refractivity contribution in [3.05, 3.63) is 59.7 Å². The molecule has 1 N–H and O–H groups in total. The maximum absolute atomic E-state index is 12.5. The standard InChI is InChI=1S/C20H26N2O4S/c1-16-7-4-5-8-17(16)15-21-20(23)9-6-14-22(2)27(24,25)19-12-10-18(26-3)11-13-19/h4-5,7-8,10-13H,6,9,14-15H2,1-3H3,(H,21,23). The molecule has 1 amide bonds. The van der Waals surface area contributed by atoms with Crippen LogP contribution in [0.25, 0.3) is 0 Å². The Balaban J connectivity index is 1.81. The smallest absolute Gasteiger partial charge is 0.242 e.